The number of aryl methyl sites for hydroxylation is 1. The lowest BCUT2D eigenvalue weighted by Crippen LogP contribution is -1.97. The molecule has 0 aliphatic carbocycles. The summed E-state index contributed by atoms with van der Waals surface area (Å²) >= 11 is 0. The van der Waals surface area contributed by atoms with Crippen molar-refractivity contribution >= 4 is 0 Å². The van der Waals surface area contributed by atoms with Gasteiger partial charge < -0.3 is 4.74 Å². The van der Waals surface area contributed by atoms with Crippen molar-refractivity contribution < 1.29 is 4.74 Å². The third-order valence-electron chi connectivity index (χ3n) is 6.46. The van der Waals surface area contributed by atoms with Gasteiger partial charge in [0.25, 0.3) is 0 Å². The van der Waals surface area contributed by atoms with Gasteiger partial charge in [-0.3, -0.25) is 0 Å². The molecule has 0 bridgehead atoms. The fraction of sp³-hybridized carbons (Fsp3) is 0.613. The molecule has 0 N–H and O–H groups in total. The Morgan fingerprint density at radius 3 is 1.88 bits per heavy atom. The van der Waals surface area contributed by atoms with Gasteiger partial charge in [-0.25, -0.2) is 9.97 Å². The van der Waals surface area contributed by atoms with Crippen molar-refractivity contribution in [1.82, 2.24) is 9.97 Å². The van der Waals surface area contributed by atoms with E-state index in [4.69, 9.17) is 4.74 Å². The van der Waals surface area contributed by atoms with Crippen LogP contribution in [-0.4, -0.2) is 16.6 Å². The van der Waals surface area contributed by atoms with Crippen LogP contribution in [0.2, 0.25) is 0 Å². The van der Waals surface area contributed by atoms with E-state index in [2.05, 4.69) is 35.6 Å². The van der Waals surface area contributed by atoms with Gasteiger partial charge in [-0.1, -0.05) is 90.0 Å². The number of rotatable bonds is 21. The zero-order chi connectivity index (χ0) is 24.1. The molecule has 188 valence electrons. The SMILES string of the molecule is C=CCCCCCCCOc1ccc(-c2ncc(CCCCCCCCCCCC)cn2)cc1. The summed E-state index contributed by atoms with van der Waals surface area (Å²) in [6.45, 7) is 6.83. The van der Waals surface area contributed by atoms with Crippen molar-refractivity contribution in [2.75, 3.05) is 6.61 Å². The van der Waals surface area contributed by atoms with E-state index in [-0.39, 0.29) is 0 Å². The minimum atomic E-state index is 0.783. The van der Waals surface area contributed by atoms with E-state index in [1.54, 1.807) is 0 Å². The summed E-state index contributed by atoms with van der Waals surface area (Å²) in [5.74, 6) is 1.71. The molecule has 3 heteroatoms. The lowest BCUT2D eigenvalue weighted by Gasteiger charge is -2.07. The predicted molar refractivity (Wildman–Crippen MR) is 146 cm³/mol. The Labute approximate surface area is 209 Å². The molecule has 0 unspecified atom stereocenters. The normalized spacial score (nSPS) is 11.0. The highest BCUT2D eigenvalue weighted by Crippen LogP contribution is 2.20. The summed E-state index contributed by atoms with van der Waals surface area (Å²) < 4.78 is 5.89. The van der Waals surface area contributed by atoms with Gasteiger partial charge in [0.15, 0.2) is 5.82 Å². The van der Waals surface area contributed by atoms with Gasteiger partial charge in [-0.15, -0.1) is 6.58 Å². The number of nitrogens with zero attached hydrogens (tertiary/aromatic N) is 2. The van der Waals surface area contributed by atoms with E-state index in [9.17, 15) is 0 Å². The molecule has 0 amide bonds. The first-order valence-corrected chi connectivity index (χ1v) is 14.0. The van der Waals surface area contributed by atoms with Crippen LogP contribution < -0.4 is 4.74 Å². The lowest BCUT2D eigenvalue weighted by molar-refractivity contribution is 0.304. The zero-order valence-corrected chi connectivity index (χ0v) is 21.8. The maximum atomic E-state index is 5.89. The Kier molecular flexibility index (Phi) is 15.8. The zero-order valence-electron chi connectivity index (χ0n) is 21.8. The van der Waals surface area contributed by atoms with Crippen LogP contribution in [0.4, 0.5) is 0 Å². The van der Waals surface area contributed by atoms with E-state index in [1.165, 1.54) is 95.5 Å². The van der Waals surface area contributed by atoms with Crippen molar-refractivity contribution in [3.8, 4) is 17.1 Å². The van der Waals surface area contributed by atoms with Crippen molar-refractivity contribution in [2.24, 2.45) is 0 Å². The van der Waals surface area contributed by atoms with Gasteiger partial charge in [-0.2, -0.15) is 0 Å². The van der Waals surface area contributed by atoms with Crippen LogP contribution in [0.15, 0.2) is 49.3 Å². The summed E-state index contributed by atoms with van der Waals surface area (Å²) in [5, 5.41) is 0. The smallest absolute Gasteiger partial charge is 0.159 e. The van der Waals surface area contributed by atoms with E-state index >= 15 is 0 Å². The highest BCUT2D eigenvalue weighted by atomic mass is 16.5. The molecule has 2 rings (SSSR count). The first-order chi connectivity index (χ1) is 16.8. The molecule has 3 nitrogen and oxygen atoms in total. The lowest BCUT2D eigenvalue weighted by atomic mass is 10.0. The van der Waals surface area contributed by atoms with Crippen molar-refractivity contribution in [2.45, 2.75) is 116 Å². The quantitative estimate of drug-likeness (QED) is 0.136. The number of hydrogen-bond acceptors (Lipinski definition) is 3. The molecule has 1 heterocycles. The fourth-order valence-electron chi connectivity index (χ4n) is 4.26. The van der Waals surface area contributed by atoms with Crippen LogP contribution >= 0.6 is 0 Å². The molecule has 0 aliphatic rings. The molecule has 0 radical (unpaired) electrons. The first-order valence-electron chi connectivity index (χ1n) is 14.0. The Morgan fingerprint density at radius 2 is 1.26 bits per heavy atom. The molecule has 1 aromatic heterocycles. The number of ether oxygens (including phenoxy) is 1. The average Bonchev–Trinajstić information content (AvgIpc) is 2.87. The summed E-state index contributed by atoms with van der Waals surface area (Å²) in [5.41, 5.74) is 2.29. The number of allylic oxidation sites excluding steroid dienone is 1. The number of benzene rings is 1. The Hall–Kier alpha value is -2.16. The molecular weight excluding hydrogens is 416 g/mol. The predicted octanol–water partition coefficient (Wildman–Crippen LogP) is 9.51. The maximum absolute atomic E-state index is 5.89. The fourth-order valence-corrected chi connectivity index (χ4v) is 4.26. The van der Waals surface area contributed by atoms with Crippen LogP contribution in [0.1, 0.15) is 115 Å². The maximum Gasteiger partial charge on any atom is 0.159 e. The highest BCUT2D eigenvalue weighted by Gasteiger charge is 2.03. The largest absolute Gasteiger partial charge is 0.494 e. The minimum absolute atomic E-state index is 0.783. The molecule has 0 saturated heterocycles. The van der Waals surface area contributed by atoms with Crippen molar-refractivity contribution in [3.05, 3.63) is 54.9 Å². The van der Waals surface area contributed by atoms with Crippen molar-refractivity contribution in [3.63, 3.8) is 0 Å². The van der Waals surface area contributed by atoms with Gasteiger partial charge >= 0.3 is 0 Å². The highest BCUT2D eigenvalue weighted by molar-refractivity contribution is 5.55. The van der Waals surface area contributed by atoms with E-state index < -0.39 is 0 Å². The van der Waals surface area contributed by atoms with E-state index in [0.717, 1.165) is 43.0 Å². The second-order valence-electron chi connectivity index (χ2n) is 9.56. The molecule has 2 aromatic rings. The molecule has 0 fully saturated rings. The summed E-state index contributed by atoms with van der Waals surface area (Å²) in [4.78, 5) is 9.20. The Balaban J connectivity index is 1.57. The standard InChI is InChI=1S/C31H48N2O/c1-3-5-7-9-11-12-13-14-16-18-20-28-26-32-31(33-27-28)29-21-23-30(24-22-29)34-25-19-17-15-10-8-6-4-2/h4,21-24,26-27H,2-3,5-20,25H2,1H3. The third-order valence-corrected chi connectivity index (χ3v) is 6.46. The average molecular weight is 465 g/mol. The summed E-state index contributed by atoms with van der Waals surface area (Å²) in [6.07, 6.45) is 28.1. The number of hydrogen-bond donors (Lipinski definition) is 0. The van der Waals surface area contributed by atoms with Crippen LogP contribution in [-0.2, 0) is 6.42 Å². The van der Waals surface area contributed by atoms with Crippen molar-refractivity contribution in [1.29, 1.82) is 0 Å². The van der Waals surface area contributed by atoms with Gasteiger partial charge in [0.05, 0.1) is 6.61 Å². The first kappa shape index (κ1) is 28.1. The van der Waals surface area contributed by atoms with E-state index in [0.29, 0.717) is 0 Å². The van der Waals surface area contributed by atoms with Crippen LogP contribution in [0.5, 0.6) is 5.75 Å². The Bertz CT molecular complexity index is 739. The Morgan fingerprint density at radius 1 is 0.706 bits per heavy atom. The third kappa shape index (κ3) is 12.9. The number of aromatic nitrogens is 2. The van der Waals surface area contributed by atoms with Gasteiger partial charge in [0.1, 0.15) is 5.75 Å². The van der Waals surface area contributed by atoms with Gasteiger partial charge in [0, 0.05) is 18.0 Å². The van der Waals surface area contributed by atoms with E-state index in [1.807, 2.05) is 30.6 Å². The molecular formula is C31H48N2O. The topological polar surface area (TPSA) is 35.0 Å². The molecule has 0 atom stereocenters. The van der Waals surface area contributed by atoms with Crippen LogP contribution in [0.3, 0.4) is 0 Å². The van der Waals surface area contributed by atoms with Crippen LogP contribution in [0.25, 0.3) is 11.4 Å². The molecule has 1 aromatic carbocycles. The summed E-state index contributed by atoms with van der Waals surface area (Å²) in [7, 11) is 0. The summed E-state index contributed by atoms with van der Waals surface area (Å²) in [6, 6.07) is 8.17. The van der Waals surface area contributed by atoms with Gasteiger partial charge in [0.2, 0.25) is 0 Å². The monoisotopic (exact) mass is 464 g/mol. The minimum Gasteiger partial charge on any atom is -0.494 e. The van der Waals surface area contributed by atoms with Gasteiger partial charge in [-0.05, 0) is 61.9 Å². The number of unbranched alkanes of at least 4 members (excludes halogenated alkanes) is 14. The second-order valence-corrected chi connectivity index (χ2v) is 9.56. The second kappa shape index (κ2) is 19.2. The molecule has 34 heavy (non-hydrogen) atoms. The molecule has 0 saturated carbocycles. The molecule has 0 spiro atoms. The van der Waals surface area contributed by atoms with Crippen LogP contribution in [0, 0.1) is 0 Å². The molecule has 0 aliphatic heterocycles.